The Morgan fingerprint density at radius 3 is 2.23 bits per heavy atom. The van der Waals surface area contributed by atoms with Crippen molar-refractivity contribution < 1.29 is 0 Å². The second-order valence-corrected chi connectivity index (χ2v) is 8.11. The maximum atomic E-state index is 13.3. The number of para-hydroxylation sites is 1. The lowest BCUT2D eigenvalue weighted by Gasteiger charge is -2.16. The molecule has 0 saturated heterocycles. The van der Waals surface area contributed by atoms with Gasteiger partial charge in [-0.05, 0) is 34.4 Å². The Morgan fingerprint density at radius 2 is 1.53 bits per heavy atom. The van der Waals surface area contributed by atoms with Gasteiger partial charge in [-0.25, -0.2) is 14.6 Å². The number of aromatic nitrogens is 5. The number of fused-ring (bicyclic) bond motifs is 4. The lowest BCUT2D eigenvalue weighted by atomic mass is 10.1. The lowest BCUT2D eigenvalue weighted by Crippen LogP contribution is -2.23. The SMILES string of the molecule is O=c1c2ccccc2nc(SC2c3ccccc3-c3ccccc32)n1-c1ncn[nH]1. The molecule has 6 nitrogen and oxygen atoms in total. The molecule has 0 radical (unpaired) electrons. The number of thioether (sulfide) groups is 1. The average Bonchev–Trinajstić information content (AvgIpc) is 3.42. The summed E-state index contributed by atoms with van der Waals surface area (Å²) in [6.45, 7) is 0. The summed E-state index contributed by atoms with van der Waals surface area (Å²) in [6.07, 6.45) is 1.39. The molecule has 30 heavy (non-hydrogen) atoms. The Balaban J connectivity index is 1.58. The summed E-state index contributed by atoms with van der Waals surface area (Å²) >= 11 is 1.55. The van der Waals surface area contributed by atoms with E-state index in [1.807, 2.05) is 18.2 Å². The van der Waals surface area contributed by atoms with Crippen LogP contribution in [0.3, 0.4) is 0 Å². The van der Waals surface area contributed by atoms with E-state index in [4.69, 9.17) is 4.98 Å². The molecule has 0 saturated carbocycles. The summed E-state index contributed by atoms with van der Waals surface area (Å²) in [5, 5.41) is 7.89. The largest absolute Gasteiger partial charge is 0.269 e. The first kappa shape index (κ1) is 17.2. The van der Waals surface area contributed by atoms with E-state index in [-0.39, 0.29) is 10.8 Å². The highest BCUT2D eigenvalue weighted by molar-refractivity contribution is 7.99. The van der Waals surface area contributed by atoms with Gasteiger partial charge in [0.2, 0.25) is 5.95 Å². The van der Waals surface area contributed by atoms with Crippen molar-refractivity contribution >= 4 is 22.7 Å². The molecule has 6 rings (SSSR count). The fraction of sp³-hybridized carbons (Fsp3) is 0.0435. The van der Waals surface area contributed by atoms with Gasteiger partial charge >= 0.3 is 0 Å². The molecular formula is C23H15N5OS. The van der Waals surface area contributed by atoms with Gasteiger partial charge in [-0.2, -0.15) is 10.1 Å². The molecule has 1 N–H and O–H groups in total. The predicted molar refractivity (Wildman–Crippen MR) is 117 cm³/mol. The number of aromatic amines is 1. The van der Waals surface area contributed by atoms with Gasteiger partial charge in [-0.15, -0.1) is 0 Å². The molecule has 3 aromatic carbocycles. The van der Waals surface area contributed by atoms with E-state index in [0.717, 1.165) is 0 Å². The first-order valence-electron chi connectivity index (χ1n) is 9.53. The highest BCUT2D eigenvalue weighted by Gasteiger charge is 2.30. The van der Waals surface area contributed by atoms with E-state index in [9.17, 15) is 4.79 Å². The Hall–Kier alpha value is -3.71. The van der Waals surface area contributed by atoms with Crippen molar-refractivity contribution in [3.05, 3.63) is 101 Å². The highest BCUT2D eigenvalue weighted by atomic mass is 32.2. The van der Waals surface area contributed by atoms with Crippen LogP contribution in [0.1, 0.15) is 16.4 Å². The quantitative estimate of drug-likeness (QED) is 0.448. The van der Waals surface area contributed by atoms with Crippen LogP contribution in [0, 0.1) is 0 Å². The van der Waals surface area contributed by atoms with Gasteiger partial charge in [0.15, 0.2) is 5.16 Å². The van der Waals surface area contributed by atoms with E-state index < -0.39 is 0 Å². The molecule has 0 atom stereocenters. The van der Waals surface area contributed by atoms with Crippen LogP contribution in [-0.4, -0.2) is 24.7 Å². The van der Waals surface area contributed by atoms with E-state index in [2.05, 4.69) is 63.7 Å². The van der Waals surface area contributed by atoms with Crippen molar-refractivity contribution in [1.29, 1.82) is 0 Å². The predicted octanol–water partition coefficient (Wildman–Crippen LogP) is 4.37. The first-order chi connectivity index (χ1) is 14.8. The first-order valence-corrected chi connectivity index (χ1v) is 10.4. The summed E-state index contributed by atoms with van der Waals surface area (Å²) < 4.78 is 1.52. The fourth-order valence-electron chi connectivity index (χ4n) is 4.03. The molecule has 7 heteroatoms. The molecule has 0 bridgehead atoms. The third kappa shape index (κ3) is 2.52. The van der Waals surface area contributed by atoms with Crippen LogP contribution in [0.25, 0.3) is 28.0 Å². The Bertz CT molecular complexity index is 1410. The minimum absolute atomic E-state index is 0.0274. The molecule has 1 aliphatic carbocycles. The van der Waals surface area contributed by atoms with Crippen LogP contribution in [0.2, 0.25) is 0 Å². The third-order valence-electron chi connectivity index (χ3n) is 5.36. The smallest absolute Gasteiger partial charge is 0.268 e. The zero-order valence-corrected chi connectivity index (χ0v) is 16.5. The Kier molecular flexibility index (Phi) is 3.82. The number of nitrogens with zero attached hydrogens (tertiary/aromatic N) is 4. The van der Waals surface area contributed by atoms with E-state index in [1.165, 1.54) is 33.1 Å². The second-order valence-electron chi connectivity index (χ2n) is 7.03. The van der Waals surface area contributed by atoms with Crippen LogP contribution in [0.15, 0.2) is 89.1 Å². The van der Waals surface area contributed by atoms with Crippen LogP contribution in [-0.2, 0) is 0 Å². The molecule has 2 heterocycles. The number of benzene rings is 3. The van der Waals surface area contributed by atoms with Crippen molar-refractivity contribution in [2.24, 2.45) is 0 Å². The van der Waals surface area contributed by atoms with Crippen molar-refractivity contribution in [2.75, 3.05) is 0 Å². The molecule has 0 unspecified atom stereocenters. The molecule has 5 aromatic rings. The van der Waals surface area contributed by atoms with Crippen molar-refractivity contribution in [3.8, 4) is 17.1 Å². The molecule has 0 amide bonds. The van der Waals surface area contributed by atoms with Crippen LogP contribution in [0.4, 0.5) is 0 Å². The number of H-pyrrole nitrogens is 1. The van der Waals surface area contributed by atoms with Crippen LogP contribution in [0.5, 0.6) is 0 Å². The molecule has 1 aliphatic rings. The third-order valence-corrected chi connectivity index (χ3v) is 6.59. The minimum atomic E-state index is -0.167. The minimum Gasteiger partial charge on any atom is -0.268 e. The lowest BCUT2D eigenvalue weighted by molar-refractivity contribution is 0.769. The molecular weight excluding hydrogens is 394 g/mol. The standard InChI is InChI=1S/C23H15N5OS/c29-21-18-11-5-6-12-19(18)26-23(28(21)22-24-13-25-27-22)30-20-16-9-3-1-7-14(16)15-8-2-4-10-17(15)20/h1-13,20H,(H,24,25,27). The summed E-state index contributed by atoms with van der Waals surface area (Å²) in [4.78, 5) is 22.4. The number of rotatable bonds is 3. The summed E-state index contributed by atoms with van der Waals surface area (Å²) in [5.74, 6) is 0.361. The maximum Gasteiger partial charge on any atom is 0.269 e. The van der Waals surface area contributed by atoms with E-state index >= 15 is 0 Å². The van der Waals surface area contributed by atoms with Crippen molar-refractivity contribution in [1.82, 2.24) is 24.7 Å². The molecule has 144 valence electrons. The van der Waals surface area contributed by atoms with Gasteiger partial charge in [-0.3, -0.25) is 4.79 Å². The van der Waals surface area contributed by atoms with Crippen LogP contribution >= 0.6 is 11.8 Å². The van der Waals surface area contributed by atoms with Gasteiger partial charge in [-0.1, -0.05) is 72.4 Å². The summed E-state index contributed by atoms with van der Waals surface area (Å²) in [7, 11) is 0. The second kappa shape index (κ2) is 6.67. The Labute approximate surface area is 175 Å². The zero-order chi connectivity index (χ0) is 20.1. The normalized spacial score (nSPS) is 12.8. The van der Waals surface area contributed by atoms with Crippen LogP contribution < -0.4 is 5.56 Å². The summed E-state index contributed by atoms with van der Waals surface area (Å²) in [5.41, 5.74) is 5.38. The summed E-state index contributed by atoms with van der Waals surface area (Å²) in [6, 6.07) is 24.2. The number of nitrogens with one attached hydrogen (secondary N) is 1. The average molecular weight is 409 g/mol. The van der Waals surface area contributed by atoms with Crippen molar-refractivity contribution in [3.63, 3.8) is 0 Å². The van der Waals surface area contributed by atoms with Gasteiger partial charge in [0, 0.05) is 0 Å². The van der Waals surface area contributed by atoms with Gasteiger partial charge in [0.1, 0.15) is 6.33 Å². The van der Waals surface area contributed by atoms with Gasteiger partial charge in [0.05, 0.1) is 16.2 Å². The zero-order valence-electron chi connectivity index (χ0n) is 15.7. The monoisotopic (exact) mass is 409 g/mol. The molecule has 0 aliphatic heterocycles. The van der Waals surface area contributed by atoms with E-state index in [1.54, 1.807) is 17.8 Å². The number of hydrogen-bond acceptors (Lipinski definition) is 5. The highest BCUT2D eigenvalue weighted by Crippen LogP contribution is 2.51. The topological polar surface area (TPSA) is 76.5 Å². The van der Waals surface area contributed by atoms with Gasteiger partial charge in [0.25, 0.3) is 5.56 Å². The Morgan fingerprint density at radius 1 is 0.867 bits per heavy atom. The molecule has 2 aromatic heterocycles. The van der Waals surface area contributed by atoms with Crippen molar-refractivity contribution in [2.45, 2.75) is 10.4 Å². The number of hydrogen-bond donors (Lipinski definition) is 1. The molecule has 0 fully saturated rings. The van der Waals surface area contributed by atoms with E-state index in [0.29, 0.717) is 22.0 Å². The molecule has 0 spiro atoms. The maximum absolute atomic E-state index is 13.3. The fourth-order valence-corrected chi connectivity index (χ4v) is 5.33. The van der Waals surface area contributed by atoms with Gasteiger partial charge < -0.3 is 0 Å².